The van der Waals surface area contributed by atoms with E-state index in [0.717, 1.165) is 0 Å². The molecule has 0 saturated heterocycles. The molecule has 170 valence electrons. The fraction of sp³-hybridized carbons (Fsp3) is 0.217. The van der Waals surface area contributed by atoms with Crippen molar-refractivity contribution in [3.8, 4) is 0 Å². The minimum absolute atomic E-state index is 0. The Balaban J connectivity index is 0. The number of carbonyl (C=O) groups excluding carboxylic acids is 4. The summed E-state index contributed by atoms with van der Waals surface area (Å²) in [6.45, 7) is 2.16. The van der Waals surface area contributed by atoms with E-state index in [4.69, 9.17) is 19.2 Å². The molecule has 1 N–H and O–H groups in total. The van der Waals surface area contributed by atoms with E-state index in [2.05, 4.69) is 98.8 Å². The van der Waals surface area contributed by atoms with E-state index in [1.807, 2.05) is 11.3 Å². The Bertz CT molecular complexity index is 1160. The van der Waals surface area contributed by atoms with Crippen molar-refractivity contribution in [2.45, 2.75) is 6.92 Å². The zero-order chi connectivity index (χ0) is 23.4. The molecular formula is C23H25LiN2O5S2. The van der Waals surface area contributed by atoms with Gasteiger partial charge >= 0.3 is 31.2 Å². The number of nitrogens with zero attached hydrogens (tertiary/aromatic N) is 2. The number of hydrogen-bond acceptors (Lipinski definition) is 9. The van der Waals surface area contributed by atoms with Crippen LogP contribution >= 0.6 is 22.7 Å². The van der Waals surface area contributed by atoms with Crippen LogP contribution in [0, 0.1) is 6.92 Å². The average Bonchev–Trinajstić information content (AvgIpc) is 3.34. The van der Waals surface area contributed by atoms with E-state index in [-0.39, 0.29) is 36.6 Å². The standard InChI is InChI=1S/C11H13NS.C10H11NS.2CO2.Li.H2O/c1-8-7-9-5-4-6-10(12(2)3)11(9)13-8;1-11(2)9-5-3-4-8-6-7-12-10(8)9;2*2-1-3;;/h4-7H,1-3H3;3-7H,1-2H3;;;;1H2/q;;;;+1;/p-1. The fourth-order valence-electron chi connectivity index (χ4n) is 2.86. The second kappa shape index (κ2) is 16.8. The number of benzene rings is 2. The summed E-state index contributed by atoms with van der Waals surface area (Å²) in [7, 11) is 8.33. The maximum Gasteiger partial charge on any atom is 1.00 e. The Kier molecular flexibility index (Phi) is 16.6. The van der Waals surface area contributed by atoms with Crippen molar-refractivity contribution in [2.75, 3.05) is 38.0 Å². The number of anilines is 2. The van der Waals surface area contributed by atoms with Crippen LogP contribution in [0.15, 0.2) is 53.9 Å². The first-order valence-electron chi connectivity index (χ1n) is 9.09. The summed E-state index contributed by atoms with van der Waals surface area (Å²) < 4.78 is 2.77. The van der Waals surface area contributed by atoms with Crippen LogP contribution in [0.2, 0.25) is 0 Å². The SMILES string of the molecule is CN(C)c1cccc2ccsc12.Cc1cc2cccc(N(C)C)c2s1.O=C=O.O=C=O.[Li+].[OH-]. The van der Waals surface area contributed by atoms with Gasteiger partial charge in [0.05, 0.1) is 20.8 Å². The van der Waals surface area contributed by atoms with Crippen LogP contribution in [0.1, 0.15) is 4.88 Å². The van der Waals surface area contributed by atoms with Crippen molar-refractivity contribution in [1.82, 2.24) is 0 Å². The minimum atomic E-state index is 0. The molecule has 4 rings (SSSR count). The molecule has 2 aromatic heterocycles. The number of thiophene rings is 2. The molecule has 0 radical (unpaired) electrons. The molecule has 0 saturated carbocycles. The Labute approximate surface area is 213 Å². The first kappa shape index (κ1) is 32.5. The van der Waals surface area contributed by atoms with Crippen LogP contribution in [0.3, 0.4) is 0 Å². The molecule has 0 bridgehead atoms. The largest absolute Gasteiger partial charge is 1.00 e. The predicted molar refractivity (Wildman–Crippen MR) is 129 cm³/mol. The van der Waals surface area contributed by atoms with Crippen molar-refractivity contribution < 1.29 is 43.5 Å². The smallest absolute Gasteiger partial charge is 0.870 e. The Morgan fingerprint density at radius 3 is 1.67 bits per heavy atom. The molecule has 0 atom stereocenters. The van der Waals surface area contributed by atoms with E-state index in [0.29, 0.717) is 0 Å². The van der Waals surface area contributed by atoms with Gasteiger partial charge in [-0.15, -0.1) is 22.7 Å². The molecule has 0 unspecified atom stereocenters. The fourth-order valence-corrected chi connectivity index (χ4v) is 4.96. The van der Waals surface area contributed by atoms with Crippen molar-refractivity contribution in [1.29, 1.82) is 0 Å². The molecular weight excluding hydrogens is 455 g/mol. The molecule has 0 fully saturated rings. The van der Waals surface area contributed by atoms with Gasteiger partial charge in [0.2, 0.25) is 0 Å². The van der Waals surface area contributed by atoms with Crippen LogP contribution in [-0.4, -0.2) is 46.0 Å². The van der Waals surface area contributed by atoms with Gasteiger partial charge in [-0.1, -0.05) is 24.3 Å². The maximum absolute atomic E-state index is 8.12. The summed E-state index contributed by atoms with van der Waals surface area (Å²) in [6, 6.07) is 17.3. The molecule has 0 aliphatic carbocycles. The van der Waals surface area contributed by atoms with Crippen molar-refractivity contribution in [3.63, 3.8) is 0 Å². The Hall–Kier alpha value is -2.72. The maximum atomic E-state index is 8.12. The van der Waals surface area contributed by atoms with Crippen LogP contribution in [0.5, 0.6) is 0 Å². The molecule has 4 aromatic rings. The van der Waals surface area contributed by atoms with Gasteiger partial charge in [0.25, 0.3) is 0 Å². The summed E-state index contributed by atoms with van der Waals surface area (Å²) in [5.74, 6) is 0. The number of fused-ring (bicyclic) bond motifs is 2. The number of rotatable bonds is 2. The van der Waals surface area contributed by atoms with Crippen molar-refractivity contribution in [2.24, 2.45) is 0 Å². The molecule has 2 heterocycles. The zero-order valence-corrected chi connectivity index (χ0v) is 21.1. The third-order valence-electron chi connectivity index (χ3n) is 4.07. The van der Waals surface area contributed by atoms with Gasteiger partial charge in [-0.3, -0.25) is 0 Å². The summed E-state index contributed by atoms with van der Waals surface area (Å²) in [4.78, 5) is 38.2. The normalized spacial score (nSPS) is 8.52. The molecule has 0 amide bonds. The van der Waals surface area contributed by atoms with E-state index >= 15 is 0 Å². The van der Waals surface area contributed by atoms with Gasteiger partial charge < -0.3 is 15.3 Å². The van der Waals surface area contributed by atoms with Gasteiger partial charge in [0.1, 0.15) is 0 Å². The molecule has 10 heteroatoms. The molecule has 0 aliphatic rings. The first-order valence-corrected chi connectivity index (χ1v) is 10.8. The molecule has 2 aromatic carbocycles. The monoisotopic (exact) mass is 480 g/mol. The summed E-state index contributed by atoms with van der Waals surface area (Å²) in [6.07, 6.45) is 0.500. The van der Waals surface area contributed by atoms with E-state index in [1.54, 1.807) is 11.3 Å². The quantitative estimate of drug-likeness (QED) is 0.404. The van der Waals surface area contributed by atoms with E-state index in [1.165, 1.54) is 36.4 Å². The molecule has 0 spiro atoms. The second-order valence-corrected chi connectivity index (χ2v) is 8.80. The Morgan fingerprint density at radius 2 is 1.18 bits per heavy atom. The summed E-state index contributed by atoms with van der Waals surface area (Å²) in [5, 5.41) is 4.83. The second-order valence-electron chi connectivity index (χ2n) is 6.62. The van der Waals surface area contributed by atoms with Gasteiger partial charge in [0, 0.05) is 33.1 Å². The topological polar surface area (TPSA) is 105 Å². The molecule has 33 heavy (non-hydrogen) atoms. The van der Waals surface area contributed by atoms with Crippen LogP contribution < -0.4 is 28.7 Å². The summed E-state index contributed by atoms with van der Waals surface area (Å²) >= 11 is 3.67. The van der Waals surface area contributed by atoms with Crippen molar-refractivity contribution in [3.05, 3.63) is 58.8 Å². The third kappa shape index (κ3) is 9.75. The minimum Gasteiger partial charge on any atom is -0.870 e. The average molecular weight is 481 g/mol. The molecule has 7 nitrogen and oxygen atoms in total. The van der Waals surface area contributed by atoms with E-state index in [9.17, 15) is 0 Å². The third-order valence-corrected chi connectivity index (χ3v) is 6.11. The first-order chi connectivity index (χ1) is 14.8. The van der Waals surface area contributed by atoms with Crippen LogP contribution in [0.4, 0.5) is 11.4 Å². The number of aryl methyl sites for hydroxylation is 1. The van der Waals surface area contributed by atoms with Gasteiger partial charge in [0.15, 0.2) is 0 Å². The van der Waals surface area contributed by atoms with Crippen molar-refractivity contribution >= 4 is 66.5 Å². The van der Waals surface area contributed by atoms with E-state index < -0.39 is 0 Å². The van der Waals surface area contributed by atoms with Crippen LogP contribution in [-0.2, 0) is 19.2 Å². The summed E-state index contributed by atoms with van der Waals surface area (Å²) in [5.41, 5.74) is 2.62. The van der Waals surface area contributed by atoms with Gasteiger partial charge in [-0.2, -0.15) is 19.2 Å². The predicted octanol–water partition coefficient (Wildman–Crippen LogP) is 1.90. The number of hydrogen-bond donors (Lipinski definition) is 0. The zero-order valence-electron chi connectivity index (χ0n) is 19.5. The molecule has 0 aliphatic heterocycles. The Morgan fingerprint density at radius 1 is 0.727 bits per heavy atom. The van der Waals surface area contributed by atoms with Crippen LogP contribution in [0.25, 0.3) is 20.2 Å². The van der Waals surface area contributed by atoms with Gasteiger partial charge in [-0.25, -0.2) is 0 Å². The van der Waals surface area contributed by atoms with Gasteiger partial charge in [-0.05, 0) is 47.3 Å².